The predicted octanol–water partition coefficient (Wildman–Crippen LogP) is 4.59. The van der Waals surface area contributed by atoms with E-state index in [2.05, 4.69) is 10.6 Å². The van der Waals surface area contributed by atoms with Gasteiger partial charge in [0, 0.05) is 13.1 Å². The lowest BCUT2D eigenvalue weighted by atomic mass is 9.96. The van der Waals surface area contributed by atoms with E-state index in [0.29, 0.717) is 0 Å². The number of nitrogens with one attached hydrogen (secondary N) is 2. The van der Waals surface area contributed by atoms with E-state index in [1.54, 1.807) is 26.3 Å². The fourth-order valence-corrected chi connectivity index (χ4v) is 3.46. The number of halogens is 1. The van der Waals surface area contributed by atoms with Crippen LogP contribution >= 0.6 is 0 Å². The van der Waals surface area contributed by atoms with E-state index in [1.165, 1.54) is 17.7 Å². The van der Waals surface area contributed by atoms with E-state index >= 15 is 0 Å². The first kappa shape index (κ1) is 21.5. The van der Waals surface area contributed by atoms with Gasteiger partial charge in [-0.1, -0.05) is 54.6 Å². The molecule has 0 saturated carbocycles. The van der Waals surface area contributed by atoms with Gasteiger partial charge in [-0.05, 0) is 53.8 Å². The molecule has 0 bridgehead atoms. The van der Waals surface area contributed by atoms with Gasteiger partial charge in [-0.25, -0.2) is 4.39 Å². The molecule has 3 rings (SSSR count). The van der Waals surface area contributed by atoms with Crippen LogP contribution in [0, 0.1) is 5.82 Å². The first-order valence-corrected chi connectivity index (χ1v) is 10.0. The molecule has 3 aromatic rings. The molecular weight excluding hydrogens is 379 g/mol. The molecule has 0 fully saturated rings. The minimum atomic E-state index is -0.512. The van der Waals surface area contributed by atoms with E-state index in [0.717, 1.165) is 29.7 Å². The summed E-state index contributed by atoms with van der Waals surface area (Å²) in [6.45, 7) is 0. The zero-order valence-electron chi connectivity index (χ0n) is 17.3. The van der Waals surface area contributed by atoms with Gasteiger partial charge >= 0.3 is 0 Å². The van der Waals surface area contributed by atoms with Crippen molar-refractivity contribution in [1.29, 1.82) is 0 Å². The van der Waals surface area contributed by atoms with Crippen LogP contribution in [0.3, 0.4) is 0 Å². The van der Waals surface area contributed by atoms with Crippen LogP contribution in [0.15, 0.2) is 78.9 Å². The zero-order chi connectivity index (χ0) is 21.3. The SMILES string of the molecule is CNC(=O)[C@@H](N[C@H](CCc1ccc(OC)cc1)c1ccc(F)cc1)c1ccccc1. The Hall–Kier alpha value is -3.18. The van der Waals surface area contributed by atoms with Crippen LogP contribution in [0.25, 0.3) is 0 Å². The van der Waals surface area contributed by atoms with Crippen molar-refractivity contribution in [2.75, 3.05) is 14.2 Å². The second-order valence-corrected chi connectivity index (χ2v) is 7.12. The standard InChI is InChI=1S/C25H27FN2O2/c1-27-25(29)24(20-6-4-3-5-7-20)28-23(19-11-13-21(26)14-12-19)17-10-18-8-15-22(30-2)16-9-18/h3-9,11-16,23-24,28H,10,17H2,1-2H3,(H,27,29)/t23-,24+/m1/s1. The molecule has 156 valence electrons. The molecule has 2 N–H and O–H groups in total. The van der Waals surface area contributed by atoms with Gasteiger partial charge in [0.25, 0.3) is 0 Å². The topological polar surface area (TPSA) is 50.4 Å². The molecule has 2 atom stereocenters. The van der Waals surface area contributed by atoms with Crippen LogP contribution < -0.4 is 15.4 Å². The molecule has 5 heteroatoms. The number of carbonyl (C=O) groups is 1. The van der Waals surface area contributed by atoms with Crippen molar-refractivity contribution in [3.8, 4) is 5.75 Å². The van der Waals surface area contributed by atoms with Crippen LogP contribution in [-0.2, 0) is 11.2 Å². The maximum absolute atomic E-state index is 13.5. The van der Waals surface area contributed by atoms with Gasteiger partial charge < -0.3 is 10.1 Å². The number of likely N-dealkylation sites (N-methyl/N-ethyl adjacent to an activating group) is 1. The van der Waals surface area contributed by atoms with Gasteiger partial charge in [0.15, 0.2) is 0 Å². The molecule has 0 heterocycles. The fraction of sp³-hybridized carbons (Fsp3) is 0.240. The Labute approximate surface area is 177 Å². The molecule has 0 spiro atoms. The average molecular weight is 407 g/mol. The number of methoxy groups -OCH3 is 1. The Morgan fingerprint density at radius 3 is 2.20 bits per heavy atom. The lowest BCUT2D eigenvalue weighted by Crippen LogP contribution is -2.38. The number of ether oxygens (including phenoxy) is 1. The van der Waals surface area contributed by atoms with E-state index in [-0.39, 0.29) is 17.8 Å². The normalized spacial score (nSPS) is 12.8. The number of benzene rings is 3. The molecule has 3 aromatic carbocycles. The van der Waals surface area contributed by atoms with E-state index in [4.69, 9.17) is 4.74 Å². The summed E-state index contributed by atoms with van der Waals surface area (Å²) in [7, 11) is 3.27. The number of aryl methyl sites for hydroxylation is 1. The summed E-state index contributed by atoms with van der Waals surface area (Å²) < 4.78 is 18.7. The number of hydrogen-bond donors (Lipinski definition) is 2. The third-order valence-electron chi connectivity index (χ3n) is 5.16. The third kappa shape index (κ3) is 5.67. The molecule has 30 heavy (non-hydrogen) atoms. The molecule has 1 amide bonds. The first-order chi connectivity index (χ1) is 14.6. The number of rotatable bonds is 9. The van der Waals surface area contributed by atoms with Crippen LogP contribution in [0.5, 0.6) is 5.75 Å². The molecule has 0 aliphatic carbocycles. The quantitative estimate of drug-likeness (QED) is 0.547. The van der Waals surface area contributed by atoms with Crippen molar-refractivity contribution < 1.29 is 13.9 Å². The number of amides is 1. The van der Waals surface area contributed by atoms with Crippen molar-refractivity contribution in [1.82, 2.24) is 10.6 Å². The maximum Gasteiger partial charge on any atom is 0.241 e. The third-order valence-corrected chi connectivity index (χ3v) is 5.16. The predicted molar refractivity (Wildman–Crippen MR) is 117 cm³/mol. The summed E-state index contributed by atoms with van der Waals surface area (Å²) in [6, 6.07) is 23.4. The molecule has 0 aliphatic heterocycles. The number of carbonyl (C=O) groups excluding carboxylic acids is 1. The second kappa shape index (κ2) is 10.6. The summed E-state index contributed by atoms with van der Waals surface area (Å²) in [4.78, 5) is 12.6. The minimum absolute atomic E-state index is 0.113. The van der Waals surface area contributed by atoms with E-state index < -0.39 is 6.04 Å². The summed E-state index contributed by atoms with van der Waals surface area (Å²) in [6.07, 6.45) is 1.55. The van der Waals surface area contributed by atoms with Crippen molar-refractivity contribution in [2.45, 2.75) is 24.9 Å². The largest absolute Gasteiger partial charge is 0.497 e. The van der Waals surface area contributed by atoms with Crippen LogP contribution in [0.4, 0.5) is 4.39 Å². The Bertz CT molecular complexity index is 928. The molecular formula is C25H27FN2O2. The van der Waals surface area contributed by atoms with Gasteiger partial charge in [-0.3, -0.25) is 10.1 Å². The summed E-state index contributed by atoms with van der Waals surface area (Å²) >= 11 is 0. The van der Waals surface area contributed by atoms with Crippen LogP contribution in [0.2, 0.25) is 0 Å². The lowest BCUT2D eigenvalue weighted by Gasteiger charge is -2.26. The summed E-state index contributed by atoms with van der Waals surface area (Å²) in [5.74, 6) is 0.423. The maximum atomic E-state index is 13.5. The first-order valence-electron chi connectivity index (χ1n) is 10.0. The molecule has 0 radical (unpaired) electrons. The highest BCUT2D eigenvalue weighted by molar-refractivity contribution is 5.83. The molecule has 0 saturated heterocycles. The molecule has 0 aliphatic rings. The Balaban J connectivity index is 1.83. The highest BCUT2D eigenvalue weighted by Gasteiger charge is 2.24. The minimum Gasteiger partial charge on any atom is -0.497 e. The van der Waals surface area contributed by atoms with Gasteiger partial charge in [0.1, 0.15) is 17.6 Å². The van der Waals surface area contributed by atoms with Gasteiger partial charge in [-0.2, -0.15) is 0 Å². The molecule has 0 aromatic heterocycles. The number of hydrogen-bond acceptors (Lipinski definition) is 3. The van der Waals surface area contributed by atoms with Crippen LogP contribution in [0.1, 0.15) is 35.2 Å². The average Bonchev–Trinajstić information content (AvgIpc) is 2.80. The lowest BCUT2D eigenvalue weighted by molar-refractivity contribution is -0.123. The Morgan fingerprint density at radius 2 is 1.60 bits per heavy atom. The second-order valence-electron chi connectivity index (χ2n) is 7.12. The van der Waals surface area contributed by atoms with E-state index in [1.807, 2.05) is 54.6 Å². The smallest absolute Gasteiger partial charge is 0.241 e. The molecule has 0 unspecified atom stereocenters. The van der Waals surface area contributed by atoms with Gasteiger partial charge in [-0.15, -0.1) is 0 Å². The van der Waals surface area contributed by atoms with Crippen molar-refractivity contribution in [3.63, 3.8) is 0 Å². The Morgan fingerprint density at radius 1 is 0.933 bits per heavy atom. The zero-order valence-corrected chi connectivity index (χ0v) is 17.3. The highest BCUT2D eigenvalue weighted by Crippen LogP contribution is 2.25. The van der Waals surface area contributed by atoms with E-state index in [9.17, 15) is 9.18 Å². The summed E-state index contributed by atoms with van der Waals surface area (Å²) in [5.41, 5.74) is 2.99. The van der Waals surface area contributed by atoms with Crippen molar-refractivity contribution in [2.24, 2.45) is 0 Å². The fourth-order valence-electron chi connectivity index (χ4n) is 3.46. The molecule has 4 nitrogen and oxygen atoms in total. The summed E-state index contributed by atoms with van der Waals surface area (Å²) in [5, 5.41) is 6.23. The van der Waals surface area contributed by atoms with Gasteiger partial charge in [0.2, 0.25) is 5.91 Å². The van der Waals surface area contributed by atoms with Crippen LogP contribution in [-0.4, -0.2) is 20.1 Å². The van der Waals surface area contributed by atoms with Gasteiger partial charge in [0.05, 0.1) is 7.11 Å². The monoisotopic (exact) mass is 406 g/mol. The van der Waals surface area contributed by atoms with Crippen molar-refractivity contribution >= 4 is 5.91 Å². The Kier molecular flexibility index (Phi) is 7.57. The highest BCUT2D eigenvalue weighted by atomic mass is 19.1. The van der Waals surface area contributed by atoms with Crippen molar-refractivity contribution in [3.05, 3.63) is 101 Å².